The van der Waals surface area contributed by atoms with E-state index in [1.807, 2.05) is 21.1 Å². The van der Waals surface area contributed by atoms with Crippen LogP contribution in [-0.4, -0.2) is 59.7 Å². The Morgan fingerprint density at radius 1 is 0.960 bits per heavy atom. The summed E-state index contributed by atoms with van der Waals surface area (Å²) in [5.74, 6) is -1.68. The molecule has 0 aliphatic carbocycles. The minimum Gasteiger partial charge on any atom is -0.481 e. The van der Waals surface area contributed by atoms with Crippen molar-refractivity contribution in [2.24, 2.45) is 0 Å². The number of rotatable bonds is 15. The highest BCUT2D eigenvalue weighted by atomic mass is 16.4. The second-order valence-electron chi connectivity index (χ2n) is 8.08. The van der Waals surface area contributed by atoms with Crippen molar-refractivity contribution < 1.29 is 24.3 Å². The van der Waals surface area contributed by atoms with Gasteiger partial charge >= 0.3 is 5.97 Å². The molecule has 0 aromatic rings. The highest BCUT2D eigenvalue weighted by Crippen LogP contribution is 2.17. The molecule has 0 spiro atoms. The van der Waals surface area contributed by atoms with E-state index in [4.69, 9.17) is 5.11 Å². The van der Waals surface area contributed by atoms with Crippen molar-refractivity contribution in [2.45, 2.75) is 76.7 Å². The van der Waals surface area contributed by atoms with Crippen LogP contribution in [0.5, 0.6) is 0 Å². The van der Waals surface area contributed by atoms with Crippen molar-refractivity contribution >= 4 is 11.8 Å². The molecule has 2 N–H and O–H groups in total. The minimum absolute atomic E-state index is 0.0697. The predicted octanol–water partition coefficient (Wildman–Crippen LogP) is 3.55. The number of unbranched alkanes of at least 4 members (excludes halogenated alkanes) is 8. The van der Waals surface area contributed by atoms with E-state index in [1.165, 1.54) is 44.6 Å². The van der Waals surface area contributed by atoms with Gasteiger partial charge in [-0.25, -0.2) is 0 Å². The minimum atomic E-state index is -1.85. The van der Waals surface area contributed by atoms with Crippen LogP contribution in [0.15, 0.2) is 12.2 Å². The maximum Gasteiger partial charge on any atom is 0.307 e. The first-order valence-electron chi connectivity index (χ1n) is 9.56. The average molecular weight is 357 g/mol. The molecule has 146 valence electrons. The monoisotopic (exact) mass is 356 g/mol. The molecule has 5 heteroatoms. The second-order valence-corrected chi connectivity index (χ2v) is 8.08. The lowest BCUT2D eigenvalue weighted by atomic mass is 9.92. The number of hydrogen-bond donors (Lipinski definition) is 2. The van der Waals surface area contributed by atoms with Gasteiger partial charge in [-0.1, -0.05) is 57.9 Å². The Hall–Kier alpha value is -1.20. The van der Waals surface area contributed by atoms with E-state index >= 15 is 0 Å². The van der Waals surface area contributed by atoms with Gasteiger partial charge in [-0.3, -0.25) is 9.59 Å². The largest absolute Gasteiger partial charge is 0.481 e. The Labute approximate surface area is 153 Å². The summed E-state index contributed by atoms with van der Waals surface area (Å²) in [6.45, 7) is 2.28. The van der Waals surface area contributed by atoms with E-state index in [-0.39, 0.29) is 6.54 Å². The summed E-state index contributed by atoms with van der Waals surface area (Å²) >= 11 is 0. The maximum absolute atomic E-state index is 12.3. The molecule has 1 unspecified atom stereocenters. The van der Waals surface area contributed by atoms with Crippen LogP contribution < -0.4 is 0 Å². The topological polar surface area (TPSA) is 74.6 Å². The lowest BCUT2D eigenvalue weighted by Crippen LogP contribution is -2.54. The average Bonchev–Trinajstić information content (AvgIpc) is 2.46. The molecule has 5 nitrogen and oxygen atoms in total. The third-order valence-electron chi connectivity index (χ3n) is 4.13. The number of likely N-dealkylation sites (N-methyl/N-ethyl adjacent to an activating group) is 1. The van der Waals surface area contributed by atoms with E-state index in [2.05, 4.69) is 6.92 Å². The van der Waals surface area contributed by atoms with Crippen LogP contribution in [0, 0.1) is 0 Å². The first-order chi connectivity index (χ1) is 11.6. The number of carbonyl (C=O) groups excluding carboxylic acids is 1. The molecular weight excluding hydrogens is 318 g/mol. The van der Waals surface area contributed by atoms with Crippen LogP contribution in [0.1, 0.15) is 71.1 Å². The normalized spacial score (nSPS) is 14.6. The van der Waals surface area contributed by atoms with Crippen LogP contribution in [-0.2, 0) is 9.59 Å². The fraction of sp³-hybridized carbons (Fsp3) is 0.800. The van der Waals surface area contributed by atoms with Crippen LogP contribution in [0.3, 0.4) is 0 Å². The summed E-state index contributed by atoms with van der Waals surface area (Å²) in [7, 11) is 5.47. The molecule has 25 heavy (non-hydrogen) atoms. The van der Waals surface area contributed by atoms with Crippen molar-refractivity contribution in [3.8, 4) is 0 Å². The summed E-state index contributed by atoms with van der Waals surface area (Å²) in [5.41, 5.74) is -1.85. The van der Waals surface area contributed by atoms with Gasteiger partial charge in [-0.15, -0.1) is 0 Å². The Morgan fingerprint density at radius 3 is 1.96 bits per heavy atom. The fourth-order valence-corrected chi connectivity index (χ4v) is 3.00. The molecule has 0 aromatic heterocycles. The second kappa shape index (κ2) is 12.2. The number of carboxylic acids is 1. The number of aliphatic hydroxyl groups is 1. The smallest absolute Gasteiger partial charge is 0.307 e. The zero-order valence-electron chi connectivity index (χ0n) is 16.6. The number of hydrogen-bond acceptors (Lipinski definition) is 3. The zero-order valence-corrected chi connectivity index (χ0v) is 16.6. The van der Waals surface area contributed by atoms with Gasteiger partial charge < -0.3 is 14.7 Å². The SMILES string of the molecule is CCCCCCCCCCC=CC(=O)C(O)(CC(=O)O)C[N+](C)(C)C. The molecule has 0 bridgehead atoms. The van der Waals surface area contributed by atoms with E-state index < -0.39 is 23.8 Å². The third kappa shape index (κ3) is 12.8. The Bertz CT molecular complexity index is 426. The summed E-state index contributed by atoms with van der Waals surface area (Å²) in [6.07, 6.45) is 13.2. The van der Waals surface area contributed by atoms with Crippen molar-refractivity contribution in [3.63, 3.8) is 0 Å². The summed E-state index contributed by atoms with van der Waals surface area (Å²) < 4.78 is 0.321. The summed E-state index contributed by atoms with van der Waals surface area (Å²) in [4.78, 5) is 23.3. The first kappa shape index (κ1) is 23.8. The summed E-state index contributed by atoms with van der Waals surface area (Å²) in [6, 6.07) is 0. The Morgan fingerprint density at radius 2 is 1.48 bits per heavy atom. The van der Waals surface area contributed by atoms with Gasteiger partial charge in [-0.2, -0.15) is 0 Å². The third-order valence-corrected chi connectivity index (χ3v) is 4.13. The number of allylic oxidation sites excluding steroid dienone is 1. The van der Waals surface area contributed by atoms with Crippen molar-refractivity contribution in [2.75, 3.05) is 27.7 Å². The van der Waals surface area contributed by atoms with Gasteiger partial charge in [0, 0.05) is 0 Å². The molecule has 0 saturated carbocycles. The highest BCUT2D eigenvalue weighted by molar-refractivity contribution is 5.99. The number of nitrogens with zero attached hydrogens (tertiary/aromatic N) is 1. The molecule has 0 fully saturated rings. The molecule has 1 atom stereocenters. The lowest BCUT2D eigenvalue weighted by molar-refractivity contribution is -0.875. The highest BCUT2D eigenvalue weighted by Gasteiger charge is 2.41. The van der Waals surface area contributed by atoms with Crippen LogP contribution in [0.25, 0.3) is 0 Å². The zero-order chi connectivity index (χ0) is 19.3. The van der Waals surface area contributed by atoms with Gasteiger partial charge in [0.25, 0.3) is 0 Å². The number of carboxylic acid groups (broad SMARTS) is 1. The van der Waals surface area contributed by atoms with Crippen molar-refractivity contribution in [1.82, 2.24) is 0 Å². The Balaban J connectivity index is 4.24. The predicted molar refractivity (Wildman–Crippen MR) is 101 cm³/mol. The fourth-order valence-electron chi connectivity index (χ4n) is 3.00. The molecule has 0 saturated heterocycles. The molecule has 0 aromatic carbocycles. The molecule has 0 aliphatic rings. The first-order valence-corrected chi connectivity index (χ1v) is 9.56. The standard InChI is InChI=1S/C20H37NO4/c1-5-6-7-8-9-10-11-12-13-14-15-18(22)20(25,16-19(23)24)17-21(2,3)4/h14-15,25H,5-13,16-17H2,1-4H3/p+1. The summed E-state index contributed by atoms with van der Waals surface area (Å²) in [5, 5.41) is 19.5. The number of aliphatic carboxylic acids is 1. The Kier molecular flexibility index (Phi) is 11.6. The molecule has 0 heterocycles. The lowest BCUT2D eigenvalue weighted by Gasteiger charge is -2.33. The van der Waals surface area contributed by atoms with Gasteiger partial charge in [-0.05, 0) is 18.9 Å². The quantitative estimate of drug-likeness (QED) is 0.267. The van der Waals surface area contributed by atoms with E-state index in [1.54, 1.807) is 6.08 Å². The van der Waals surface area contributed by atoms with Crippen LogP contribution in [0.4, 0.5) is 0 Å². The maximum atomic E-state index is 12.3. The van der Waals surface area contributed by atoms with Crippen LogP contribution >= 0.6 is 0 Å². The van der Waals surface area contributed by atoms with Gasteiger partial charge in [0.05, 0.1) is 27.6 Å². The van der Waals surface area contributed by atoms with E-state index in [0.29, 0.717) is 4.48 Å². The number of quaternary nitrogens is 1. The number of carbonyl (C=O) groups is 2. The molecule has 0 aliphatic heterocycles. The van der Waals surface area contributed by atoms with E-state index in [0.717, 1.165) is 19.3 Å². The van der Waals surface area contributed by atoms with Gasteiger partial charge in [0.2, 0.25) is 0 Å². The van der Waals surface area contributed by atoms with E-state index in [9.17, 15) is 14.7 Å². The molecular formula is C20H38NO4+. The number of ketones is 1. The van der Waals surface area contributed by atoms with Gasteiger partial charge in [0.1, 0.15) is 6.54 Å². The van der Waals surface area contributed by atoms with Crippen LogP contribution in [0.2, 0.25) is 0 Å². The van der Waals surface area contributed by atoms with Gasteiger partial charge in [0.15, 0.2) is 11.4 Å². The molecule has 0 amide bonds. The van der Waals surface area contributed by atoms with Crippen molar-refractivity contribution in [1.29, 1.82) is 0 Å². The van der Waals surface area contributed by atoms with Crippen molar-refractivity contribution in [3.05, 3.63) is 12.2 Å². The molecule has 0 radical (unpaired) electrons. The molecule has 0 rings (SSSR count).